The van der Waals surface area contributed by atoms with E-state index in [-0.39, 0.29) is 4.90 Å². The lowest BCUT2D eigenvalue weighted by molar-refractivity contribution is 0.0341. The van der Waals surface area contributed by atoms with Crippen LogP contribution in [-0.4, -0.2) is 60.4 Å². The molecule has 0 spiro atoms. The third kappa shape index (κ3) is 4.82. The molecular formula is C25H27N5O3S. The summed E-state index contributed by atoms with van der Waals surface area (Å²) in [5, 5.41) is 4.24. The standard InChI is InChI=1S/C25H27N5O3S/c1-18-3-4-21(15-20(18)17-29-11-13-33-14-12-29)27-25-26-16-19-9-10-30(24(19)28-25)22-5-7-23(8-6-22)34(2,31)32/h3-10,15-16H,11-14,17H2,1-2H3,(H,26,27,28). The molecule has 1 N–H and O–H groups in total. The van der Waals surface area contributed by atoms with E-state index >= 15 is 0 Å². The average Bonchev–Trinajstić information content (AvgIpc) is 3.25. The summed E-state index contributed by atoms with van der Waals surface area (Å²) in [6.07, 6.45) is 4.90. The zero-order valence-corrected chi connectivity index (χ0v) is 20.0. The van der Waals surface area contributed by atoms with Crippen molar-refractivity contribution in [2.24, 2.45) is 0 Å². The minimum absolute atomic E-state index is 0.289. The minimum Gasteiger partial charge on any atom is -0.379 e. The van der Waals surface area contributed by atoms with Gasteiger partial charge in [-0.05, 0) is 60.5 Å². The number of hydrogen-bond acceptors (Lipinski definition) is 7. The summed E-state index contributed by atoms with van der Waals surface area (Å²) < 4.78 is 30.9. The van der Waals surface area contributed by atoms with E-state index in [2.05, 4.69) is 34.3 Å². The summed E-state index contributed by atoms with van der Waals surface area (Å²) in [5.41, 5.74) is 5.02. The van der Waals surface area contributed by atoms with Gasteiger partial charge in [0.25, 0.3) is 0 Å². The van der Waals surface area contributed by atoms with Crippen molar-refractivity contribution >= 4 is 32.5 Å². The molecule has 34 heavy (non-hydrogen) atoms. The van der Waals surface area contributed by atoms with Gasteiger partial charge in [-0.3, -0.25) is 4.90 Å². The first-order chi connectivity index (χ1) is 16.4. The highest BCUT2D eigenvalue weighted by molar-refractivity contribution is 7.90. The third-order valence-corrected chi connectivity index (χ3v) is 7.20. The van der Waals surface area contributed by atoms with Gasteiger partial charge < -0.3 is 14.6 Å². The van der Waals surface area contributed by atoms with Gasteiger partial charge in [0, 0.05) is 55.0 Å². The highest BCUT2D eigenvalue weighted by atomic mass is 32.2. The van der Waals surface area contributed by atoms with E-state index in [0.717, 1.165) is 55.3 Å². The second kappa shape index (κ2) is 9.17. The molecule has 1 aliphatic heterocycles. The van der Waals surface area contributed by atoms with Crippen molar-refractivity contribution in [2.45, 2.75) is 18.4 Å². The number of morpholine rings is 1. The maximum absolute atomic E-state index is 11.8. The van der Waals surface area contributed by atoms with Crippen LogP contribution >= 0.6 is 0 Å². The first-order valence-electron chi connectivity index (χ1n) is 11.2. The lowest BCUT2D eigenvalue weighted by atomic mass is 10.1. The van der Waals surface area contributed by atoms with Crippen LogP contribution < -0.4 is 5.32 Å². The summed E-state index contributed by atoms with van der Waals surface area (Å²) >= 11 is 0. The zero-order valence-electron chi connectivity index (χ0n) is 19.2. The molecule has 2 aromatic heterocycles. The fraction of sp³-hybridized carbons (Fsp3) is 0.280. The smallest absolute Gasteiger partial charge is 0.229 e. The molecule has 0 bridgehead atoms. The molecule has 0 unspecified atom stereocenters. The molecule has 1 fully saturated rings. The Hall–Kier alpha value is -3.27. The Kier molecular flexibility index (Phi) is 6.07. The van der Waals surface area contributed by atoms with Gasteiger partial charge in [0.1, 0.15) is 5.65 Å². The summed E-state index contributed by atoms with van der Waals surface area (Å²) in [7, 11) is -3.24. The van der Waals surface area contributed by atoms with Crippen LogP contribution in [0.3, 0.4) is 0 Å². The molecule has 176 valence electrons. The number of nitrogens with one attached hydrogen (secondary N) is 1. The molecule has 0 radical (unpaired) electrons. The number of hydrogen-bond donors (Lipinski definition) is 1. The van der Waals surface area contributed by atoms with E-state index in [4.69, 9.17) is 9.72 Å². The van der Waals surface area contributed by atoms with E-state index in [1.54, 1.807) is 30.5 Å². The molecule has 4 aromatic rings. The predicted molar refractivity (Wildman–Crippen MR) is 133 cm³/mol. The van der Waals surface area contributed by atoms with Gasteiger partial charge in [0.2, 0.25) is 5.95 Å². The molecule has 5 rings (SSSR count). The van der Waals surface area contributed by atoms with Crippen molar-refractivity contribution in [2.75, 3.05) is 37.9 Å². The average molecular weight is 478 g/mol. The van der Waals surface area contributed by atoms with Gasteiger partial charge in [-0.1, -0.05) is 6.07 Å². The number of ether oxygens (including phenoxy) is 1. The molecule has 3 heterocycles. The highest BCUT2D eigenvalue weighted by Crippen LogP contribution is 2.24. The molecule has 1 saturated heterocycles. The molecule has 9 heteroatoms. The number of anilines is 2. The number of aromatic nitrogens is 3. The lowest BCUT2D eigenvalue weighted by Gasteiger charge is -2.27. The Morgan fingerprint density at radius 3 is 2.56 bits per heavy atom. The number of benzene rings is 2. The van der Waals surface area contributed by atoms with Crippen LogP contribution in [0.4, 0.5) is 11.6 Å². The van der Waals surface area contributed by atoms with Gasteiger partial charge in [-0.25, -0.2) is 13.4 Å². The number of rotatable bonds is 6. The predicted octanol–water partition coefficient (Wildman–Crippen LogP) is 3.71. The molecule has 1 aliphatic rings. The number of aryl methyl sites for hydroxylation is 1. The van der Waals surface area contributed by atoms with Gasteiger partial charge >= 0.3 is 0 Å². The van der Waals surface area contributed by atoms with Crippen molar-refractivity contribution in [3.8, 4) is 5.69 Å². The van der Waals surface area contributed by atoms with E-state index in [1.165, 1.54) is 17.4 Å². The molecule has 0 aliphatic carbocycles. The summed E-state index contributed by atoms with van der Waals surface area (Å²) in [5.74, 6) is 0.501. The molecule has 0 amide bonds. The maximum atomic E-state index is 11.8. The minimum atomic E-state index is -3.24. The monoisotopic (exact) mass is 477 g/mol. The van der Waals surface area contributed by atoms with Crippen LogP contribution in [0.5, 0.6) is 0 Å². The zero-order chi connectivity index (χ0) is 23.7. The van der Waals surface area contributed by atoms with Gasteiger partial charge in [0.15, 0.2) is 9.84 Å². The number of sulfone groups is 1. The quantitative estimate of drug-likeness (QED) is 0.453. The third-order valence-electron chi connectivity index (χ3n) is 6.07. The van der Waals surface area contributed by atoms with Gasteiger partial charge in [0.05, 0.1) is 18.1 Å². The van der Waals surface area contributed by atoms with E-state index in [1.807, 2.05) is 22.9 Å². The van der Waals surface area contributed by atoms with Crippen molar-refractivity contribution < 1.29 is 13.2 Å². The topological polar surface area (TPSA) is 89.3 Å². The second-order valence-electron chi connectivity index (χ2n) is 8.58. The van der Waals surface area contributed by atoms with Crippen LogP contribution in [0, 0.1) is 6.92 Å². The van der Waals surface area contributed by atoms with Gasteiger partial charge in [-0.2, -0.15) is 4.98 Å². The molecular weight excluding hydrogens is 450 g/mol. The van der Waals surface area contributed by atoms with E-state index in [9.17, 15) is 8.42 Å². The van der Waals surface area contributed by atoms with Crippen molar-refractivity contribution in [3.63, 3.8) is 0 Å². The molecule has 8 nitrogen and oxygen atoms in total. The van der Waals surface area contributed by atoms with Crippen LogP contribution in [0.1, 0.15) is 11.1 Å². The van der Waals surface area contributed by atoms with E-state index in [0.29, 0.717) is 5.95 Å². The van der Waals surface area contributed by atoms with Gasteiger partial charge in [-0.15, -0.1) is 0 Å². The Bertz CT molecular complexity index is 1420. The van der Waals surface area contributed by atoms with Crippen LogP contribution in [0.25, 0.3) is 16.7 Å². The fourth-order valence-electron chi connectivity index (χ4n) is 4.09. The first-order valence-corrected chi connectivity index (χ1v) is 13.1. The SMILES string of the molecule is Cc1ccc(Nc2ncc3ccn(-c4ccc(S(C)(=O)=O)cc4)c3n2)cc1CN1CCOCC1. The maximum Gasteiger partial charge on any atom is 0.229 e. The van der Waals surface area contributed by atoms with E-state index < -0.39 is 9.84 Å². The number of nitrogens with zero attached hydrogens (tertiary/aromatic N) is 4. The normalized spacial score (nSPS) is 15.0. The summed E-state index contributed by atoms with van der Waals surface area (Å²) in [6, 6.07) is 15.0. The van der Waals surface area contributed by atoms with Crippen LogP contribution in [-0.2, 0) is 21.1 Å². The Morgan fingerprint density at radius 1 is 1.06 bits per heavy atom. The Morgan fingerprint density at radius 2 is 1.82 bits per heavy atom. The van der Waals surface area contributed by atoms with Crippen molar-refractivity contribution in [3.05, 3.63) is 72.1 Å². The Labute approximate surface area is 199 Å². The molecule has 2 aromatic carbocycles. The van der Waals surface area contributed by atoms with Crippen LogP contribution in [0.15, 0.2) is 65.8 Å². The lowest BCUT2D eigenvalue weighted by Crippen LogP contribution is -2.35. The number of fused-ring (bicyclic) bond motifs is 1. The molecule has 0 saturated carbocycles. The summed E-state index contributed by atoms with van der Waals surface area (Å²) in [4.78, 5) is 11.9. The van der Waals surface area contributed by atoms with Crippen molar-refractivity contribution in [1.29, 1.82) is 0 Å². The van der Waals surface area contributed by atoms with Crippen molar-refractivity contribution in [1.82, 2.24) is 19.4 Å². The largest absolute Gasteiger partial charge is 0.379 e. The summed E-state index contributed by atoms with van der Waals surface area (Å²) in [6.45, 7) is 6.46. The Balaban J connectivity index is 1.40. The highest BCUT2D eigenvalue weighted by Gasteiger charge is 2.13. The van der Waals surface area contributed by atoms with Crippen LogP contribution in [0.2, 0.25) is 0 Å². The first kappa shape index (κ1) is 22.5. The second-order valence-corrected chi connectivity index (χ2v) is 10.6. The fourth-order valence-corrected chi connectivity index (χ4v) is 4.72. The molecule has 0 atom stereocenters.